The van der Waals surface area contributed by atoms with Crippen LogP contribution in [0.2, 0.25) is 0 Å². The number of ether oxygens (including phenoxy) is 1. The lowest BCUT2D eigenvalue weighted by Gasteiger charge is -2.32. The summed E-state index contributed by atoms with van der Waals surface area (Å²) in [6.07, 6.45) is 2.40. The average molecular weight is 615 g/mol. The summed E-state index contributed by atoms with van der Waals surface area (Å²) in [5, 5.41) is 8.57. The number of nitrogens with zero attached hydrogens (tertiary/aromatic N) is 1. The minimum absolute atomic E-state index is 0.209. The van der Waals surface area contributed by atoms with Gasteiger partial charge in [0.1, 0.15) is 5.60 Å². The monoisotopic (exact) mass is 613 g/mol. The molecule has 10 nitrogen and oxygen atoms in total. The molecule has 1 heterocycles. The number of rotatable bonds is 7. The first kappa shape index (κ1) is 29.5. The van der Waals surface area contributed by atoms with Gasteiger partial charge in [0.2, 0.25) is 5.91 Å². The van der Waals surface area contributed by atoms with E-state index in [-0.39, 0.29) is 29.7 Å². The molecule has 3 aromatic rings. The van der Waals surface area contributed by atoms with Gasteiger partial charge in [-0.25, -0.2) is 9.69 Å². The molecule has 0 spiro atoms. The van der Waals surface area contributed by atoms with Crippen molar-refractivity contribution in [3.63, 3.8) is 0 Å². The molecule has 0 radical (unpaired) electrons. The number of alkyl carbamates (subject to hydrolysis) is 1. The Balaban J connectivity index is 1.49. The highest BCUT2D eigenvalue weighted by atomic mass is 79.9. The fourth-order valence-corrected chi connectivity index (χ4v) is 5.48. The van der Waals surface area contributed by atoms with Crippen molar-refractivity contribution < 1.29 is 19.1 Å². The van der Waals surface area contributed by atoms with Gasteiger partial charge in [0.05, 0.1) is 22.6 Å². The molecule has 0 unspecified atom stereocenters. The van der Waals surface area contributed by atoms with E-state index in [0.717, 1.165) is 22.9 Å². The number of anilines is 1. The zero-order chi connectivity index (χ0) is 29.0. The van der Waals surface area contributed by atoms with Gasteiger partial charge in [0.25, 0.3) is 11.5 Å². The zero-order valence-corrected chi connectivity index (χ0v) is 24.5. The minimum Gasteiger partial charge on any atom is -0.444 e. The molecule has 2 aromatic carbocycles. The van der Waals surface area contributed by atoms with Crippen LogP contribution in [0.5, 0.6) is 0 Å². The van der Waals surface area contributed by atoms with E-state index in [1.165, 1.54) is 4.90 Å². The number of benzene rings is 2. The van der Waals surface area contributed by atoms with Crippen molar-refractivity contribution >= 4 is 50.4 Å². The van der Waals surface area contributed by atoms with Crippen LogP contribution in [-0.2, 0) is 20.7 Å². The largest absolute Gasteiger partial charge is 0.444 e. The number of nitrogens with two attached hydrogens (primary N) is 1. The number of aromatic amines is 2. The number of aromatic nitrogens is 2. The normalized spacial score (nSPS) is 18.2. The van der Waals surface area contributed by atoms with E-state index >= 15 is 0 Å². The van der Waals surface area contributed by atoms with Gasteiger partial charge in [-0.05, 0) is 94.7 Å². The van der Waals surface area contributed by atoms with Crippen LogP contribution in [0.15, 0.2) is 51.7 Å². The maximum atomic E-state index is 13.9. The number of halogens is 1. The Bertz CT molecular complexity index is 1430. The number of fused-ring (bicyclic) bond motifs is 1. The maximum absolute atomic E-state index is 13.9. The molecule has 214 valence electrons. The third-order valence-electron chi connectivity index (χ3n) is 7.05. The van der Waals surface area contributed by atoms with Gasteiger partial charge in [0, 0.05) is 16.9 Å². The van der Waals surface area contributed by atoms with Crippen LogP contribution in [0.3, 0.4) is 0 Å². The van der Waals surface area contributed by atoms with Crippen molar-refractivity contribution in [1.82, 2.24) is 15.5 Å². The smallest absolute Gasteiger partial charge is 0.407 e. The van der Waals surface area contributed by atoms with Gasteiger partial charge in [-0.1, -0.05) is 28.1 Å². The highest BCUT2D eigenvalue weighted by Gasteiger charge is 2.35. The van der Waals surface area contributed by atoms with E-state index in [0.29, 0.717) is 36.0 Å². The molecule has 1 aliphatic rings. The summed E-state index contributed by atoms with van der Waals surface area (Å²) in [6, 6.07) is 11.4. The van der Waals surface area contributed by atoms with E-state index in [4.69, 9.17) is 10.5 Å². The molecule has 11 heteroatoms. The van der Waals surface area contributed by atoms with Crippen molar-refractivity contribution in [2.75, 3.05) is 11.4 Å². The molecule has 1 atom stereocenters. The van der Waals surface area contributed by atoms with E-state index in [1.807, 2.05) is 45.0 Å². The second kappa shape index (κ2) is 12.4. The van der Waals surface area contributed by atoms with Gasteiger partial charge >= 0.3 is 6.09 Å². The molecule has 1 aliphatic carbocycles. The Kier molecular flexibility index (Phi) is 9.15. The lowest BCUT2D eigenvalue weighted by atomic mass is 9.81. The molecule has 1 aromatic heterocycles. The van der Waals surface area contributed by atoms with Gasteiger partial charge < -0.3 is 15.8 Å². The summed E-state index contributed by atoms with van der Waals surface area (Å²) in [7, 11) is 0. The second-order valence-corrected chi connectivity index (χ2v) is 12.3. The Morgan fingerprint density at radius 2 is 1.82 bits per heavy atom. The first-order valence-corrected chi connectivity index (χ1v) is 14.3. The van der Waals surface area contributed by atoms with E-state index in [2.05, 4.69) is 31.4 Å². The van der Waals surface area contributed by atoms with Crippen molar-refractivity contribution in [3.8, 4) is 0 Å². The first-order chi connectivity index (χ1) is 18.9. The van der Waals surface area contributed by atoms with E-state index < -0.39 is 23.6 Å². The quantitative estimate of drug-likeness (QED) is 0.310. The summed E-state index contributed by atoms with van der Waals surface area (Å²) in [5.74, 6) is -0.983. The first-order valence-electron chi connectivity index (χ1n) is 13.5. The van der Waals surface area contributed by atoms with Gasteiger partial charge in [-0.3, -0.25) is 24.6 Å². The molecule has 1 saturated carbocycles. The number of H-pyrrole nitrogens is 2. The average Bonchev–Trinajstić information content (AvgIpc) is 3.26. The summed E-state index contributed by atoms with van der Waals surface area (Å²) >= 11 is 3.44. The predicted molar refractivity (Wildman–Crippen MR) is 157 cm³/mol. The molecule has 0 aliphatic heterocycles. The van der Waals surface area contributed by atoms with Crippen LogP contribution in [0.25, 0.3) is 10.9 Å². The van der Waals surface area contributed by atoms with Crippen molar-refractivity contribution in [2.24, 2.45) is 17.6 Å². The highest BCUT2D eigenvalue weighted by Crippen LogP contribution is 2.32. The Morgan fingerprint density at radius 1 is 1.10 bits per heavy atom. The second-order valence-electron chi connectivity index (χ2n) is 11.4. The van der Waals surface area contributed by atoms with Crippen LogP contribution in [0, 0.1) is 11.8 Å². The molecule has 40 heavy (non-hydrogen) atoms. The lowest BCUT2D eigenvalue weighted by molar-refractivity contribution is -0.130. The molecule has 3 amide bonds. The molecule has 5 N–H and O–H groups in total. The summed E-state index contributed by atoms with van der Waals surface area (Å²) in [6.45, 7) is 5.90. The van der Waals surface area contributed by atoms with Crippen molar-refractivity contribution in [1.29, 1.82) is 0 Å². The molecular formula is C29H36BrN5O5. The topological polar surface area (TPSA) is 150 Å². The van der Waals surface area contributed by atoms with Crippen LogP contribution >= 0.6 is 15.9 Å². The van der Waals surface area contributed by atoms with Crippen LogP contribution in [0.4, 0.5) is 10.5 Å². The van der Waals surface area contributed by atoms with Gasteiger partial charge in [-0.15, -0.1) is 0 Å². The lowest BCUT2D eigenvalue weighted by Crippen LogP contribution is -2.50. The minimum atomic E-state index is -0.950. The van der Waals surface area contributed by atoms with Gasteiger partial charge in [-0.2, -0.15) is 0 Å². The molecule has 0 bridgehead atoms. The highest BCUT2D eigenvalue weighted by molar-refractivity contribution is 9.10. The van der Waals surface area contributed by atoms with Crippen LogP contribution in [0.1, 0.15) is 52.0 Å². The number of carbonyl (C=O) groups excluding carboxylic acids is 3. The van der Waals surface area contributed by atoms with Gasteiger partial charge in [0.15, 0.2) is 0 Å². The van der Waals surface area contributed by atoms with Crippen LogP contribution in [-0.4, -0.2) is 46.3 Å². The number of nitrogens with one attached hydrogen (secondary N) is 3. The number of imide groups is 1. The molecular weight excluding hydrogens is 578 g/mol. The number of amides is 3. The Hall–Kier alpha value is -3.44. The van der Waals surface area contributed by atoms with Crippen molar-refractivity contribution in [2.45, 2.75) is 64.5 Å². The number of hydrogen-bond acceptors (Lipinski definition) is 6. The third kappa shape index (κ3) is 7.39. The van der Waals surface area contributed by atoms with E-state index in [1.54, 1.807) is 18.2 Å². The summed E-state index contributed by atoms with van der Waals surface area (Å²) < 4.78 is 6.18. The maximum Gasteiger partial charge on any atom is 0.407 e. The summed E-state index contributed by atoms with van der Waals surface area (Å²) in [4.78, 5) is 52.9. The standard InChI is InChI=1S/C29H36BrN5O5/c1-29(2,3)40-28(39)32-16-17-7-9-19(10-8-17)26(37)35(21-11-12-22-24(15-21)33-34-25(22)36)27(38)23(31)14-18-5-4-6-20(30)13-18/h4-6,11-13,15,17,19,23H,7-10,14,16,31H2,1-3H3,(H,32,39)(H2,33,34,36)/t17-,19-,23-/m0/s1. The zero-order valence-electron chi connectivity index (χ0n) is 23.0. The number of hydrogen-bond donors (Lipinski definition) is 4. The fraction of sp³-hybridized carbons (Fsp3) is 0.448. The van der Waals surface area contributed by atoms with E-state index in [9.17, 15) is 19.2 Å². The Morgan fingerprint density at radius 3 is 2.50 bits per heavy atom. The number of carbonyl (C=O) groups is 3. The third-order valence-corrected chi connectivity index (χ3v) is 7.54. The van der Waals surface area contributed by atoms with Crippen LogP contribution < -0.4 is 21.5 Å². The Labute approximate surface area is 241 Å². The SMILES string of the molecule is CC(C)(C)OC(=O)NC[C@H]1CC[C@H](C(=O)N(C(=O)[C@@H](N)Cc2cccc(Br)c2)c2ccc3c(=O)[nH][nH]c3c2)CC1. The molecule has 4 rings (SSSR count). The molecule has 1 fully saturated rings. The predicted octanol–water partition coefficient (Wildman–Crippen LogP) is 4.38. The fourth-order valence-electron chi connectivity index (χ4n) is 5.04. The summed E-state index contributed by atoms with van der Waals surface area (Å²) in [5.41, 5.74) is 7.24. The molecule has 0 saturated heterocycles. The van der Waals surface area contributed by atoms with Crippen molar-refractivity contribution in [3.05, 3.63) is 62.9 Å².